The number of anilines is 1. The summed E-state index contributed by atoms with van der Waals surface area (Å²) in [4.78, 5) is 0. The van der Waals surface area contributed by atoms with E-state index in [1.165, 1.54) is 0 Å². The fraction of sp³-hybridized carbons (Fsp3) is 0.727. The standard InChI is InChI=1S/C15H26NSi.C6H18NSi2.CH3.Al/c1-11(2)13-9-8-10-14(12(3)4)15(13)16-17(5,6)7;1-8(2,3)7-9(4,5)6;;/h8-12H,1-7H3;1-6H3;1H3;/q2*-1;;+2. The predicted octanol–water partition coefficient (Wildman–Crippen LogP) is 7.66. The molecular weight excluding hydrogens is 403 g/mol. The second-order valence-electron chi connectivity index (χ2n) is 12.0. The molecule has 0 radical (unpaired) electrons. The van der Waals surface area contributed by atoms with Crippen molar-refractivity contribution in [1.29, 1.82) is 0 Å². The first-order chi connectivity index (χ1) is 12.4. The molecule has 0 N–H and O–H groups in total. The lowest BCUT2D eigenvalue weighted by Gasteiger charge is -2.54. The van der Waals surface area contributed by atoms with Gasteiger partial charge in [-0.15, -0.1) is 0 Å². The van der Waals surface area contributed by atoms with Gasteiger partial charge in [0.05, 0.1) is 16.5 Å². The SMILES string of the molecule is CC(C)c1cccc(C(C)C)c1[N]([Al]([CH3])[N]([Si](C)(C)C)[Si](C)(C)C)[Si](C)(C)C. The van der Waals surface area contributed by atoms with Crippen LogP contribution in [-0.4, -0.2) is 42.5 Å². The van der Waals surface area contributed by atoms with Crippen LogP contribution in [0.4, 0.5) is 5.69 Å². The molecule has 0 saturated carbocycles. The summed E-state index contributed by atoms with van der Waals surface area (Å²) in [6.45, 7) is 32.5. The minimum absolute atomic E-state index is 0.556. The highest BCUT2D eigenvalue weighted by Gasteiger charge is 2.47. The van der Waals surface area contributed by atoms with Crippen molar-refractivity contribution in [2.24, 2.45) is 0 Å². The Hall–Kier alpha value is 0.163. The van der Waals surface area contributed by atoms with Crippen LogP contribution in [0.1, 0.15) is 50.7 Å². The van der Waals surface area contributed by atoms with Crippen molar-refractivity contribution in [3.05, 3.63) is 29.3 Å². The van der Waals surface area contributed by atoms with Gasteiger partial charge in [0.25, 0.3) is 0 Å². The molecule has 0 aliphatic carbocycles. The zero-order valence-electron chi connectivity index (χ0n) is 21.4. The van der Waals surface area contributed by atoms with Gasteiger partial charge in [-0.2, -0.15) is 0 Å². The molecule has 0 heterocycles. The zero-order valence-corrected chi connectivity index (χ0v) is 25.5. The van der Waals surface area contributed by atoms with Gasteiger partial charge >= 0.3 is 14.6 Å². The number of hydrogen-bond acceptors (Lipinski definition) is 2. The Bertz CT molecular complexity index is 615. The Morgan fingerprint density at radius 3 is 1.29 bits per heavy atom. The van der Waals surface area contributed by atoms with Crippen LogP contribution in [0.3, 0.4) is 0 Å². The maximum Gasteiger partial charge on any atom is 0.504 e. The minimum atomic E-state index is -1.57. The highest BCUT2D eigenvalue weighted by atomic mass is 28.4. The summed E-state index contributed by atoms with van der Waals surface area (Å²) < 4.78 is 6.16. The van der Waals surface area contributed by atoms with E-state index >= 15 is 0 Å². The maximum absolute atomic E-state index is 3.12. The fourth-order valence-corrected chi connectivity index (χ4v) is 30.2. The summed E-state index contributed by atoms with van der Waals surface area (Å²) >= 11 is -1.32. The molecule has 1 rings (SSSR count). The van der Waals surface area contributed by atoms with Gasteiger partial charge < -0.3 is 6.76 Å². The Morgan fingerprint density at radius 1 is 0.679 bits per heavy atom. The summed E-state index contributed by atoms with van der Waals surface area (Å²) in [6.07, 6.45) is 0. The van der Waals surface area contributed by atoms with E-state index in [0.717, 1.165) is 0 Å². The number of benzene rings is 1. The Morgan fingerprint density at radius 2 is 1.04 bits per heavy atom. The van der Waals surface area contributed by atoms with Gasteiger partial charge in [0.15, 0.2) is 0 Å². The molecule has 6 heteroatoms. The smallest absolute Gasteiger partial charge is 0.479 e. The molecule has 0 aliphatic rings. The first-order valence-electron chi connectivity index (χ1n) is 11.1. The summed E-state index contributed by atoms with van der Waals surface area (Å²) in [6, 6.07) is 7.08. The monoisotopic (exact) mass is 450 g/mol. The summed E-state index contributed by atoms with van der Waals surface area (Å²) in [7, 11) is -4.39. The molecule has 0 atom stereocenters. The van der Waals surface area contributed by atoms with Gasteiger partial charge in [0, 0.05) is 5.69 Å². The highest BCUT2D eigenvalue weighted by Crippen LogP contribution is 2.40. The molecule has 0 fully saturated rings. The Kier molecular flexibility index (Phi) is 8.53. The molecule has 160 valence electrons. The van der Waals surface area contributed by atoms with Crippen molar-refractivity contribution in [3.8, 4) is 0 Å². The highest BCUT2D eigenvalue weighted by molar-refractivity contribution is 7.04. The van der Waals surface area contributed by atoms with E-state index in [9.17, 15) is 0 Å². The third-order valence-electron chi connectivity index (χ3n) is 5.50. The van der Waals surface area contributed by atoms with Crippen LogP contribution in [0.15, 0.2) is 18.2 Å². The molecule has 0 amide bonds. The van der Waals surface area contributed by atoms with Crippen LogP contribution in [0, 0.1) is 0 Å². The number of nitrogens with zero attached hydrogens (tertiary/aromatic N) is 2. The van der Waals surface area contributed by atoms with E-state index in [-0.39, 0.29) is 0 Å². The molecule has 2 nitrogen and oxygen atoms in total. The lowest BCUT2D eigenvalue weighted by molar-refractivity contribution is 0.830. The molecule has 1 aromatic rings. The van der Waals surface area contributed by atoms with Gasteiger partial charge in [0.1, 0.15) is 8.24 Å². The Labute approximate surface area is 184 Å². The number of para-hydroxylation sites is 1. The van der Waals surface area contributed by atoms with Crippen molar-refractivity contribution >= 4 is 45.0 Å². The summed E-state index contributed by atoms with van der Waals surface area (Å²) in [5.41, 5.74) is 4.71. The van der Waals surface area contributed by atoms with Crippen molar-refractivity contribution in [2.45, 2.75) is 104 Å². The first kappa shape index (κ1) is 26.2. The van der Waals surface area contributed by atoms with E-state index in [1.54, 1.807) is 16.8 Å². The second kappa shape index (κ2) is 9.12. The summed E-state index contributed by atoms with van der Waals surface area (Å²) in [5.74, 6) is 3.75. The molecule has 0 saturated heterocycles. The lowest BCUT2D eigenvalue weighted by Crippen LogP contribution is -2.72. The van der Waals surface area contributed by atoms with Crippen molar-refractivity contribution in [1.82, 2.24) is 3.21 Å². The third kappa shape index (κ3) is 6.09. The number of rotatable bonds is 8. The molecule has 1 aromatic carbocycles. The molecule has 0 aliphatic heterocycles. The van der Waals surface area contributed by atoms with Crippen LogP contribution in [-0.2, 0) is 0 Å². The largest absolute Gasteiger partial charge is 0.504 e. The number of hydrogen-bond donors (Lipinski definition) is 0. The van der Waals surface area contributed by atoms with Crippen molar-refractivity contribution in [3.63, 3.8) is 0 Å². The molecule has 0 spiro atoms. The van der Waals surface area contributed by atoms with E-state index < -0.39 is 39.3 Å². The van der Waals surface area contributed by atoms with Gasteiger partial charge in [0.2, 0.25) is 0 Å². The third-order valence-corrected chi connectivity index (χ3v) is 26.2. The van der Waals surface area contributed by atoms with Crippen LogP contribution in [0.5, 0.6) is 0 Å². The molecule has 0 aromatic heterocycles. The quantitative estimate of drug-likeness (QED) is 0.375. The normalized spacial score (nSPS) is 13.6. The average molecular weight is 451 g/mol. The van der Waals surface area contributed by atoms with Crippen LogP contribution >= 0.6 is 0 Å². The molecule has 0 bridgehead atoms. The van der Waals surface area contributed by atoms with Gasteiger partial charge in [-0.1, -0.05) is 111 Å². The van der Waals surface area contributed by atoms with E-state index in [1.807, 2.05) is 0 Å². The van der Waals surface area contributed by atoms with E-state index in [2.05, 4.69) is 117 Å². The minimum Gasteiger partial charge on any atom is -0.479 e. The van der Waals surface area contributed by atoms with Gasteiger partial charge in [-0.25, -0.2) is 0 Å². The second-order valence-corrected chi connectivity index (χ2v) is 30.7. The van der Waals surface area contributed by atoms with E-state index in [0.29, 0.717) is 11.8 Å². The van der Waals surface area contributed by atoms with Crippen molar-refractivity contribution < 1.29 is 0 Å². The molecule has 0 unspecified atom stereocenters. The van der Waals surface area contributed by atoms with Crippen LogP contribution in [0.2, 0.25) is 64.7 Å². The lowest BCUT2D eigenvalue weighted by atomic mass is 9.93. The van der Waals surface area contributed by atoms with E-state index in [4.69, 9.17) is 0 Å². The fourth-order valence-electron chi connectivity index (χ4n) is 5.12. The molecule has 28 heavy (non-hydrogen) atoms. The average Bonchev–Trinajstić information content (AvgIpc) is 2.42. The predicted molar refractivity (Wildman–Crippen MR) is 141 cm³/mol. The topological polar surface area (TPSA) is 6.48 Å². The van der Waals surface area contributed by atoms with Gasteiger partial charge in [-0.3, -0.25) is 0 Å². The van der Waals surface area contributed by atoms with Crippen LogP contribution in [0.25, 0.3) is 0 Å². The Balaban J connectivity index is 3.84. The first-order valence-corrected chi connectivity index (χ1v) is 23.6. The molecular formula is C22H47AlN2Si3. The van der Waals surface area contributed by atoms with Gasteiger partial charge in [-0.05, 0) is 23.0 Å². The van der Waals surface area contributed by atoms with Crippen molar-refractivity contribution in [2.75, 3.05) is 3.55 Å². The maximum atomic E-state index is 3.12. The zero-order chi connectivity index (χ0) is 22.2. The summed E-state index contributed by atoms with van der Waals surface area (Å²) in [5, 5.41) is 0. The van der Waals surface area contributed by atoms with Crippen LogP contribution < -0.4 is 3.55 Å².